The zero-order valence-electron chi connectivity index (χ0n) is 12.6. The molecule has 0 bridgehead atoms. The Kier molecular flexibility index (Phi) is 6.19. The van der Waals surface area contributed by atoms with E-state index in [0.29, 0.717) is 12.6 Å². The highest BCUT2D eigenvalue weighted by Crippen LogP contribution is 2.09. The van der Waals surface area contributed by atoms with Crippen LogP contribution in [0.5, 0.6) is 5.75 Å². The summed E-state index contributed by atoms with van der Waals surface area (Å²) in [6.45, 7) is 5.76. The number of hydrogen-bond donors (Lipinski definition) is 1. The van der Waals surface area contributed by atoms with Gasteiger partial charge in [0, 0.05) is 12.6 Å². The van der Waals surface area contributed by atoms with Crippen LogP contribution in [0.3, 0.4) is 0 Å². The molecule has 0 aliphatic rings. The molecule has 1 aromatic heterocycles. The molecular weight excluding hydrogens is 264 g/mol. The minimum Gasteiger partial charge on any atom is -0.466 e. The zero-order chi connectivity index (χ0) is 14.9. The van der Waals surface area contributed by atoms with E-state index in [0.717, 1.165) is 23.6 Å². The maximum atomic E-state index is 5.50. The second-order valence-corrected chi connectivity index (χ2v) is 5.12. The van der Waals surface area contributed by atoms with E-state index in [1.165, 1.54) is 0 Å². The SMILES string of the molecule is CC(C)NCc1ccc(OCOCc2ccccc2)cn1. The van der Waals surface area contributed by atoms with Crippen LogP contribution in [-0.4, -0.2) is 17.8 Å². The Balaban J connectivity index is 1.69. The molecule has 1 aromatic carbocycles. The number of benzene rings is 1. The lowest BCUT2D eigenvalue weighted by Gasteiger charge is -2.09. The van der Waals surface area contributed by atoms with Crippen LogP contribution in [0.4, 0.5) is 0 Å². The highest BCUT2D eigenvalue weighted by Gasteiger charge is 1.99. The summed E-state index contributed by atoms with van der Waals surface area (Å²) in [5.41, 5.74) is 2.13. The molecule has 4 nitrogen and oxygen atoms in total. The number of pyridine rings is 1. The molecule has 0 amide bonds. The van der Waals surface area contributed by atoms with E-state index in [1.807, 2.05) is 42.5 Å². The number of hydrogen-bond acceptors (Lipinski definition) is 4. The van der Waals surface area contributed by atoms with Crippen molar-refractivity contribution in [1.82, 2.24) is 10.3 Å². The Morgan fingerprint density at radius 3 is 2.57 bits per heavy atom. The molecule has 21 heavy (non-hydrogen) atoms. The molecule has 2 rings (SSSR count). The van der Waals surface area contributed by atoms with Gasteiger partial charge in [-0.1, -0.05) is 44.2 Å². The van der Waals surface area contributed by atoms with E-state index in [9.17, 15) is 0 Å². The summed E-state index contributed by atoms with van der Waals surface area (Å²) in [7, 11) is 0. The van der Waals surface area contributed by atoms with E-state index in [1.54, 1.807) is 6.20 Å². The van der Waals surface area contributed by atoms with Gasteiger partial charge in [-0.25, -0.2) is 0 Å². The van der Waals surface area contributed by atoms with Gasteiger partial charge in [-0.15, -0.1) is 0 Å². The second kappa shape index (κ2) is 8.39. The first-order chi connectivity index (χ1) is 10.2. The molecule has 1 heterocycles. The highest BCUT2D eigenvalue weighted by atomic mass is 16.7. The normalized spacial score (nSPS) is 10.8. The largest absolute Gasteiger partial charge is 0.466 e. The third-order valence-corrected chi connectivity index (χ3v) is 2.91. The fourth-order valence-corrected chi connectivity index (χ4v) is 1.75. The van der Waals surface area contributed by atoms with Crippen LogP contribution in [0.2, 0.25) is 0 Å². The van der Waals surface area contributed by atoms with Crippen molar-refractivity contribution in [3.05, 3.63) is 59.9 Å². The summed E-state index contributed by atoms with van der Waals surface area (Å²) in [6.07, 6.45) is 1.73. The summed E-state index contributed by atoms with van der Waals surface area (Å²) < 4.78 is 11.0. The minimum absolute atomic E-state index is 0.222. The molecule has 0 aliphatic carbocycles. The second-order valence-electron chi connectivity index (χ2n) is 5.12. The predicted octanol–water partition coefficient (Wildman–Crippen LogP) is 3.13. The van der Waals surface area contributed by atoms with Crippen molar-refractivity contribution in [2.75, 3.05) is 6.79 Å². The average Bonchev–Trinajstić information content (AvgIpc) is 2.52. The van der Waals surface area contributed by atoms with E-state index in [-0.39, 0.29) is 6.79 Å². The van der Waals surface area contributed by atoms with Crippen LogP contribution in [0.1, 0.15) is 25.1 Å². The van der Waals surface area contributed by atoms with Gasteiger partial charge < -0.3 is 14.8 Å². The molecule has 0 radical (unpaired) electrons. The number of aromatic nitrogens is 1. The summed E-state index contributed by atoms with van der Waals surface area (Å²) in [4.78, 5) is 4.34. The van der Waals surface area contributed by atoms with Crippen LogP contribution in [0, 0.1) is 0 Å². The summed E-state index contributed by atoms with van der Waals surface area (Å²) in [5.74, 6) is 0.719. The van der Waals surface area contributed by atoms with Crippen LogP contribution < -0.4 is 10.1 Å². The highest BCUT2D eigenvalue weighted by molar-refractivity contribution is 5.19. The van der Waals surface area contributed by atoms with Gasteiger partial charge in [-0.3, -0.25) is 4.98 Å². The van der Waals surface area contributed by atoms with Crippen molar-refractivity contribution < 1.29 is 9.47 Å². The topological polar surface area (TPSA) is 43.4 Å². The fraction of sp³-hybridized carbons (Fsp3) is 0.353. The lowest BCUT2D eigenvalue weighted by Crippen LogP contribution is -2.22. The number of ether oxygens (including phenoxy) is 2. The predicted molar refractivity (Wildman–Crippen MR) is 82.9 cm³/mol. The first-order valence-corrected chi connectivity index (χ1v) is 7.17. The fourth-order valence-electron chi connectivity index (χ4n) is 1.75. The van der Waals surface area contributed by atoms with Gasteiger partial charge in [0.2, 0.25) is 0 Å². The van der Waals surface area contributed by atoms with Crippen molar-refractivity contribution in [3.8, 4) is 5.75 Å². The molecule has 4 heteroatoms. The minimum atomic E-state index is 0.222. The monoisotopic (exact) mass is 286 g/mol. The van der Waals surface area contributed by atoms with Gasteiger partial charge in [-0.05, 0) is 17.7 Å². The van der Waals surface area contributed by atoms with Gasteiger partial charge in [0.15, 0.2) is 6.79 Å². The standard InChI is InChI=1S/C17H22N2O2/c1-14(2)18-10-16-8-9-17(11-19-16)21-13-20-12-15-6-4-3-5-7-15/h3-9,11,14,18H,10,12-13H2,1-2H3. The first-order valence-electron chi connectivity index (χ1n) is 7.17. The number of rotatable bonds is 8. The maximum Gasteiger partial charge on any atom is 0.189 e. The molecule has 0 fully saturated rings. The third kappa shape index (κ3) is 5.94. The lowest BCUT2D eigenvalue weighted by molar-refractivity contribution is 0.00483. The smallest absolute Gasteiger partial charge is 0.189 e. The molecule has 0 spiro atoms. The van der Waals surface area contributed by atoms with Gasteiger partial charge in [0.1, 0.15) is 5.75 Å². The molecule has 0 unspecified atom stereocenters. The molecule has 1 N–H and O–H groups in total. The summed E-state index contributed by atoms with van der Waals surface area (Å²) in [6, 6.07) is 14.4. The maximum absolute atomic E-state index is 5.50. The van der Waals surface area contributed by atoms with E-state index in [2.05, 4.69) is 24.1 Å². The van der Waals surface area contributed by atoms with Crippen molar-refractivity contribution in [2.24, 2.45) is 0 Å². The van der Waals surface area contributed by atoms with Crippen molar-refractivity contribution in [1.29, 1.82) is 0 Å². The van der Waals surface area contributed by atoms with E-state index >= 15 is 0 Å². The number of nitrogens with zero attached hydrogens (tertiary/aromatic N) is 1. The van der Waals surface area contributed by atoms with E-state index < -0.39 is 0 Å². The van der Waals surface area contributed by atoms with Gasteiger partial charge in [-0.2, -0.15) is 0 Å². The lowest BCUT2D eigenvalue weighted by atomic mass is 10.2. The summed E-state index contributed by atoms with van der Waals surface area (Å²) >= 11 is 0. The summed E-state index contributed by atoms with van der Waals surface area (Å²) in [5, 5.41) is 3.32. The van der Waals surface area contributed by atoms with Crippen LogP contribution in [-0.2, 0) is 17.9 Å². The molecule has 0 saturated carbocycles. The number of nitrogens with one attached hydrogen (secondary N) is 1. The Morgan fingerprint density at radius 2 is 1.90 bits per heavy atom. The third-order valence-electron chi connectivity index (χ3n) is 2.91. The Bertz CT molecular complexity index is 512. The van der Waals surface area contributed by atoms with Crippen LogP contribution in [0.15, 0.2) is 48.7 Å². The molecular formula is C17H22N2O2. The molecule has 2 aromatic rings. The van der Waals surface area contributed by atoms with Crippen molar-refractivity contribution in [2.45, 2.75) is 33.0 Å². The molecule has 112 valence electrons. The molecule has 0 atom stereocenters. The van der Waals surface area contributed by atoms with Crippen molar-refractivity contribution in [3.63, 3.8) is 0 Å². The van der Waals surface area contributed by atoms with Crippen LogP contribution >= 0.6 is 0 Å². The van der Waals surface area contributed by atoms with Crippen molar-refractivity contribution >= 4 is 0 Å². The van der Waals surface area contributed by atoms with Gasteiger partial charge >= 0.3 is 0 Å². The molecule has 0 aliphatic heterocycles. The van der Waals surface area contributed by atoms with Crippen LogP contribution in [0.25, 0.3) is 0 Å². The average molecular weight is 286 g/mol. The zero-order valence-corrected chi connectivity index (χ0v) is 12.6. The van der Waals surface area contributed by atoms with Gasteiger partial charge in [0.05, 0.1) is 18.5 Å². The Morgan fingerprint density at radius 1 is 1.10 bits per heavy atom. The Hall–Kier alpha value is -1.91. The van der Waals surface area contributed by atoms with E-state index in [4.69, 9.17) is 9.47 Å². The molecule has 0 saturated heterocycles. The quantitative estimate of drug-likeness (QED) is 0.598. The van der Waals surface area contributed by atoms with Gasteiger partial charge in [0.25, 0.3) is 0 Å². The first kappa shape index (κ1) is 15.5. The Labute approximate surface area is 126 Å².